The monoisotopic (exact) mass is 504 g/mol. The molecule has 4 rings (SSSR count). The average molecular weight is 505 g/mol. The number of aromatic nitrogens is 1. The predicted octanol–water partition coefficient (Wildman–Crippen LogP) is 4.63. The Morgan fingerprint density at radius 1 is 0.919 bits per heavy atom. The minimum absolute atomic E-state index is 0.0458. The van der Waals surface area contributed by atoms with Crippen molar-refractivity contribution in [2.45, 2.75) is 83.2 Å². The lowest BCUT2D eigenvalue weighted by molar-refractivity contribution is -0.161. The van der Waals surface area contributed by atoms with E-state index >= 15 is 0 Å². The second-order valence-electron chi connectivity index (χ2n) is 11.3. The number of pyridine rings is 1. The Bertz CT molecular complexity index is 987. The summed E-state index contributed by atoms with van der Waals surface area (Å²) in [6.45, 7) is 7.57. The molecule has 2 fully saturated rings. The fraction of sp³-hybridized carbons (Fsp3) is 0.581. The molecule has 6 heteroatoms. The molecule has 2 saturated heterocycles. The van der Waals surface area contributed by atoms with Gasteiger partial charge in [0.2, 0.25) is 11.8 Å². The summed E-state index contributed by atoms with van der Waals surface area (Å²) in [6.07, 6.45) is 12.5. The molecule has 1 aromatic heterocycles. The van der Waals surface area contributed by atoms with Crippen LogP contribution in [0.15, 0.2) is 54.9 Å². The van der Waals surface area contributed by atoms with E-state index in [9.17, 15) is 9.59 Å². The van der Waals surface area contributed by atoms with E-state index in [2.05, 4.69) is 59.4 Å². The van der Waals surface area contributed by atoms with Crippen molar-refractivity contribution < 1.29 is 9.59 Å². The van der Waals surface area contributed by atoms with E-state index in [1.807, 2.05) is 23.2 Å². The molecule has 0 bridgehead atoms. The molecule has 2 amide bonds. The van der Waals surface area contributed by atoms with Crippen molar-refractivity contribution >= 4 is 11.8 Å². The molecule has 0 aliphatic carbocycles. The Balaban J connectivity index is 1.30. The third-order valence-electron chi connectivity index (χ3n) is 8.08. The zero-order valence-electron chi connectivity index (χ0n) is 22.7. The summed E-state index contributed by atoms with van der Waals surface area (Å²) in [5.41, 5.74) is 1.80. The van der Waals surface area contributed by atoms with E-state index < -0.39 is 11.6 Å². The summed E-state index contributed by atoms with van der Waals surface area (Å²) in [7, 11) is 0. The van der Waals surface area contributed by atoms with Crippen molar-refractivity contribution in [2.75, 3.05) is 26.2 Å². The number of rotatable bonds is 12. The fourth-order valence-corrected chi connectivity index (χ4v) is 5.92. The van der Waals surface area contributed by atoms with Gasteiger partial charge in [0.15, 0.2) is 0 Å². The minimum Gasteiger partial charge on any atom is -0.342 e. The second kappa shape index (κ2) is 13.2. The van der Waals surface area contributed by atoms with Crippen LogP contribution in [0.3, 0.4) is 0 Å². The van der Waals surface area contributed by atoms with Crippen molar-refractivity contribution in [1.29, 1.82) is 0 Å². The van der Waals surface area contributed by atoms with Crippen molar-refractivity contribution in [3.8, 4) is 0 Å². The number of piperazine rings is 1. The summed E-state index contributed by atoms with van der Waals surface area (Å²) in [6, 6.07) is 14.3. The first-order chi connectivity index (χ1) is 18.0. The maximum Gasteiger partial charge on any atom is 0.246 e. The van der Waals surface area contributed by atoms with Gasteiger partial charge in [-0.1, -0.05) is 63.1 Å². The van der Waals surface area contributed by atoms with Gasteiger partial charge in [-0.2, -0.15) is 0 Å². The third-order valence-corrected chi connectivity index (χ3v) is 8.08. The molecule has 0 saturated carbocycles. The molecule has 0 radical (unpaired) electrons. The first-order valence-corrected chi connectivity index (χ1v) is 14.3. The molecule has 2 aliphatic rings. The standard InChI is InChI=1S/C31H44N4O2/c1-25(2)23-28-29(36)35(20-15-27-14-10-18-32-24-27)31(30(37)33-28)16-21-34(22-17-31)19-9-4-3-6-11-26-12-7-5-8-13-26/h5,7-8,10,12-14,18,24-25,28H,3-4,6,9,11,15-17,19-23H2,1-2H3,(H,33,37)/t28-/m0/s1. The number of unbranched alkanes of at least 4 members (excludes halogenated alkanes) is 3. The molecule has 1 aromatic carbocycles. The van der Waals surface area contributed by atoms with Gasteiger partial charge in [0.05, 0.1) is 0 Å². The first-order valence-electron chi connectivity index (χ1n) is 14.3. The summed E-state index contributed by atoms with van der Waals surface area (Å²) in [4.78, 5) is 35.8. The molecular weight excluding hydrogens is 460 g/mol. The molecule has 1 atom stereocenters. The summed E-state index contributed by atoms with van der Waals surface area (Å²) in [5.74, 6) is 0.478. The van der Waals surface area contributed by atoms with Crippen molar-refractivity contribution in [3.05, 3.63) is 66.0 Å². The van der Waals surface area contributed by atoms with Gasteiger partial charge in [0.1, 0.15) is 11.6 Å². The lowest BCUT2D eigenvalue weighted by Gasteiger charge is -2.52. The van der Waals surface area contributed by atoms with Gasteiger partial charge in [0.25, 0.3) is 0 Å². The van der Waals surface area contributed by atoms with Crippen LogP contribution >= 0.6 is 0 Å². The Labute approximate surface area is 222 Å². The van der Waals surface area contributed by atoms with Gasteiger partial charge in [-0.05, 0) is 74.6 Å². The van der Waals surface area contributed by atoms with E-state index in [1.54, 1.807) is 6.20 Å². The van der Waals surface area contributed by atoms with Crippen LogP contribution in [0.2, 0.25) is 0 Å². The van der Waals surface area contributed by atoms with Crippen LogP contribution < -0.4 is 5.32 Å². The number of nitrogens with zero attached hydrogens (tertiary/aromatic N) is 3. The Kier molecular flexibility index (Phi) is 9.73. The normalized spacial score (nSPS) is 20.0. The van der Waals surface area contributed by atoms with E-state index in [4.69, 9.17) is 0 Å². The molecule has 37 heavy (non-hydrogen) atoms. The minimum atomic E-state index is -0.723. The smallest absolute Gasteiger partial charge is 0.246 e. The number of hydrogen-bond acceptors (Lipinski definition) is 4. The van der Waals surface area contributed by atoms with E-state index in [0.29, 0.717) is 31.7 Å². The SMILES string of the molecule is CC(C)C[C@@H]1NC(=O)C2(CCN(CCCCCCc3ccccc3)CC2)N(CCc2cccnc2)C1=O. The second-order valence-corrected chi connectivity index (χ2v) is 11.3. The van der Waals surface area contributed by atoms with Crippen LogP contribution in [0.25, 0.3) is 0 Å². The third kappa shape index (κ3) is 7.19. The van der Waals surface area contributed by atoms with Crippen LogP contribution in [0.1, 0.15) is 69.9 Å². The molecule has 1 N–H and O–H groups in total. The Morgan fingerprint density at radius 3 is 2.35 bits per heavy atom. The Hall–Kier alpha value is -2.73. The van der Waals surface area contributed by atoms with Crippen LogP contribution in [-0.4, -0.2) is 64.4 Å². The van der Waals surface area contributed by atoms with E-state index in [-0.39, 0.29) is 11.8 Å². The quantitative estimate of drug-likeness (QED) is 0.428. The number of aryl methyl sites for hydroxylation is 1. The molecular formula is C31H44N4O2. The highest BCUT2D eigenvalue weighted by Gasteiger charge is 2.53. The zero-order valence-corrected chi connectivity index (χ0v) is 22.7. The number of hydrogen-bond donors (Lipinski definition) is 1. The number of carbonyl (C=O) groups is 2. The number of benzene rings is 1. The highest BCUT2D eigenvalue weighted by atomic mass is 16.2. The van der Waals surface area contributed by atoms with Crippen molar-refractivity contribution in [3.63, 3.8) is 0 Å². The Morgan fingerprint density at radius 2 is 1.65 bits per heavy atom. The van der Waals surface area contributed by atoms with Gasteiger partial charge in [-0.25, -0.2) is 0 Å². The molecule has 2 aromatic rings. The summed E-state index contributed by atoms with van der Waals surface area (Å²) < 4.78 is 0. The molecule has 6 nitrogen and oxygen atoms in total. The lowest BCUT2D eigenvalue weighted by atomic mass is 9.80. The van der Waals surface area contributed by atoms with Gasteiger partial charge in [-0.3, -0.25) is 14.6 Å². The van der Waals surface area contributed by atoms with Crippen molar-refractivity contribution in [2.24, 2.45) is 5.92 Å². The van der Waals surface area contributed by atoms with Crippen LogP contribution in [0.4, 0.5) is 0 Å². The highest BCUT2D eigenvalue weighted by molar-refractivity contribution is 6.00. The number of nitrogens with one attached hydrogen (secondary N) is 1. The summed E-state index contributed by atoms with van der Waals surface area (Å²) >= 11 is 0. The van der Waals surface area contributed by atoms with Crippen molar-refractivity contribution in [1.82, 2.24) is 20.1 Å². The molecule has 3 heterocycles. The van der Waals surface area contributed by atoms with Crippen LogP contribution in [0.5, 0.6) is 0 Å². The van der Waals surface area contributed by atoms with E-state index in [0.717, 1.165) is 38.0 Å². The van der Waals surface area contributed by atoms with E-state index in [1.165, 1.54) is 31.2 Å². The zero-order chi connectivity index (χ0) is 26.1. The fourth-order valence-electron chi connectivity index (χ4n) is 5.92. The number of carbonyl (C=O) groups excluding carboxylic acids is 2. The topological polar surface area (TPSA) is 65.5 Å². The number of piperidine rings is 1. The number of likely N-dealkylation sites (tertiary alicyclic amines) is 1. The van der Waals surface area contributed by atoms with Gasteiger partial charge < -0.3 is 15.1 Å². The number of amides is 2. The lowest BCUT2D eigenvalue weighted by Crippen LogP contribution is -2.73. The molecule has 0 unspecified atom stereocenters. The first kappa shape index (κ1) is 27.3. The average Bonchev–Trinajstić information content (AvgIpc) is 2.91. The largest absolute Gasteiger partial charge is 0.342 e. The molecule has 2 aliphatic heterocycles. The maximum atomic E-state index is 13.6. The van der Waals surface area contributed by atoms with Gasteiger partial charge >= 0.3 is 0 Å². The summed E-state index contributed by atoms with van der Waals surface area (Å²) in [5, 5.41) is 3.12. The maximum absolute atomic E-state index is 13.6. The molecule has 1 spiro atoms. The molecule has 200 valence electrons. The van der Waals surface area contributed by atoms with Gasteiger partial charge in [-0.15, -0.1) is 0 Å². The highest BCUT2D eigenvalue weighted by Crippen LogP contribution is 2.34. The van der Waals surface area contributed by atoms with Gasteiger partial charge in [0, 0.05) is 32.0 Å². The van der Waals surface area contributed by atoms with Crippen LogP contribution in [0, 0.1) is 5.92 Å². The predicted molar refractivity (Wildman–Crippen MR) is 148 cm³/mol. The van der Waals surface area contributed by atoms with Crippen LogP contribution in [-0.2, 0) is 22.4 Å².